The molecule has 1 N–H and O–H groups in total. The van der Waals surface area contributed by atoms with Gasteiger partial charge in [-0.05, 0) is 64.4 Å². The van der Waals surface area contributed by atoms with Gasteiger partial charge in [0.05, 0.1) is 6.61 Å². The molecule has 0 spiro atoms. The van der Waals surface area contributed by atoms with Gasteiger partial charge in [-0.3, -0.25) is 4.79 Å². The van der Waals surface area contributed by atoms with Crippen molar-refractivity contribution in [2.24, 2.45) is 0 Å². The number of benzene rings is 2. The first-order chi connectivity index (χ1) is 14.9. The number of amides is 1. The average molecular weight is 447 g/mol. The Morgan fingerprint density at radius 1 is 1.00 bits per heavy atom. The molecule has 0 bridgehead atoms. The third-order valence-electron chi connectivity index (χ3n) is 4.48. The van der Waals surface area contributed by atoms with E-state index in [1.54, 1.807) is 39.8 Å². The summed E-state index contributed by atoms with van der Waals surface area (Å²) < 4.78 is 40.1. The molecule has 0 fully saturated rings. The van der Waals surface area contributed by atoms with Crippen molar-refractivity contribution in [3.8, 4) is 0 Å². The zero-order chi connectivity index (χ0) is 24.1. The molecule has 172 valence electrons. The molecule has 0 unspecified atom stereocenters. The number of alkyl halides is 1. The van der Waals surface area contributed by atoms with Gasteiger partial charge >= 0.3 is 12.1 Å². The summed E-state index contributed by atoms with van der Waals surface area (Å²) in [6.45, 7) is 7.91. The maximum absolute atomic E-state index is 16.6. The Hall–Kier alpha value is -3.29. The van der Waals surface area contributed by atoms with Crippen molar-refractivity contribution in [2.45, 2.75) is 51.9 Å². The van der Waals surface area contributed by atoms with Crippen LogP contribution in [-0.4, -0.2) is 35.7 Å². The van der Waals surface area contributed by atoms with Crippen molar-refractivity contribution in [2.75, 3.05) is 6.61 Å². The fraction of sp³-hybridized carbons (Fsp3) is 0.375. The minimum Gasteiger partial charge on any atom is -0.463 e. The van der Waals surface area contributed by atoms with Crippen LogP contribution < -0.4 is 5.32 Å². The highest BCUT2D eigenvalue weighted by Gasteiger charge is 2.56. The predicted molar refractivity (Wildman–Crippen MR) is 114 cm³/mol. The van der Waals surface area contributed by atoms with E-state index >= 15 is 4.39 Å². The largest absolute Gasteiger partial charge is 0.463 e. The second-order valence-electron chi connectivity index (χ2n) is 8.26. The van der Waals surface area contributed by atoms with E-state index in [-0.39, 0.29) is 17.7 Å². The van der Waals surface area contributed by atoms with E-state index in [1.165, 1.54) is 19.1 Å². The fourth-order valence-electron chi connectivity index (χ4n) is 2.99. The van der Waals surface area contributed by atoms with Gasteiger partial charge in [-0.25, -0.2) is 18.4 Å². The van der Waals surface area contributed by atoms with Crippen molar-refractivity contribution in [3.05, 3.63) is 71.0 Å². The zero-order valence-corrected chi connectivity index (χ0v) is 18.7. The van der Waals surface area contributed by atoms with E-state index < -0.39 is 41.0 Å². The first kappa shape index (κ1) is 25.0. The Morgan fingerprint density at radius 2 is 1.56 bits per heavy atom. The normalized spacial score (nSPS) is 14.1. The number of carbonyl (C=O) groups is 3. The van der Waals surface area contributed by atoms with Crippen LogP contribution in [0, 0.1) is 12.7 Å². The number of Topliss-reactive ketones (excluding diaryl/α,β-unsaturated/α-hetero) is 1. The molecule has 0 heterocycles. The van der Waals surface area contributed by atoms with Crippen molar-refractivity contribution in [1.82, 2.24) is 5.32 Å². The van der Waals surface area contributed by atoms with Gasteiger partial charge in [0.25, 0.3) is 5.67 Å². The van der Waals surface area contributed by atoms with Gasteiger partial charge in [0.1, 0.15) is 17.5 Å². The number of ether oxygens (including phenoxy) is 2. The Balaban J connectivity index is 2.63. The summed E-state index contributed by atoms with van der Waals surface area (Å²) in [6.07, 6.45) is -1.03. The topological polar surface area (TPSA) is 81.7 Å². The van der Waals surface area contributed by atoms with Crippen LogP contribution in [-0.2, 0) is 14.3 Å². The molecule has 0 aliphatic heterocycles. The quantitative estimate of drug-likeness (QED) is 0.373. The molecule has 6 nitrogen and oxygen atoms in total. The van der Waals surface area contributed by atoms with Crippen LogP contribution in [0.5, 0.6) is 0 Å². The summed E-state index contributed by atoms with van der Waals surface area (Å²) in [5.41, 5.74) is -3.53. The third kappa shape index (κ3) is 5.90. The molecule has 2 aromatic rings. The number of hydrogen-bond acceptors (Lipinski definition) is 5. The van der Waals surface area contributed by atoms with Gasteiger partial charge in [0.2, 0.25) is 5.78 Å². The first-order valence-electron chi connectivity index (χ1n) is 10.1. The molecular weight excluding hydrogens is 420 g/mol. The Bertz CT molecular complexity index is 967. The lowest BCUT2D eigenvalue weighted by molar-refractivity contribution is -0.155. The van der Waals surface area contributed by atoms with E-state index in [1.807, 2.05) is 0 Å². The predicted octanol–water partition coefficient (Wildman–Crippen LogP) is 4.85. The van der Waals surface area contributed by atoms with Gasteiger partial charge in [-0.1, -0.05) is 29.8 Å². The SMILES string of the molecule is CCOC(=O)[C@](F)(C(=O)c1ccc(F)cc1)[C@@H](NC(=O)OC(C)(C)C)c1ccc(C)cc1. The number of ketones is 1. The average Bonchev–Trinajstić information content (AvgIpc) is 2.71. The van der Waals surface area contributed by atoms with Crippen molar-refractivity contribution in [1.29, 1.82) is 0 Å². The standard InChI is InChI=1S/C24H27F2NO5/c1-6-31-21(29)24(26,20(28)17-11-13-18(25)14-12-17)19(16-9-7-15(2)8-10-16)27-22(30)32-23(3,4)5/h7-14,19H,6H2,1-5H3,(H,27,30)/t19-,24+/m0/s1. The first-order valence-corrected chi connectivity index (χ1v) is 10.1. The summed E-state index contributed by atoms with van der Waals surface area (Å²) in [4.78, 5) is 38.6. The lowest BCUT2D eigenvalue weighted by atomic mass is 9.83. The van der Waals surface area contributed by atoms with Gasteiger partial charge in [-0.15, -0.1) is 0 Å². The molecule has 0 aliphatic rings. The molecular formula is C24H27F2NO5. The molecule has 0 radical (unpaired) electrons. The van der Waals surface area contributed by atoms with Crippen LogP contribution >= 0.6 is 0 Å². The number of esters is 1. The smallest absolute Gasteiger partial charge is 0.408 e. The van der Waals surface area contributed by atoms with E-state index in [4.69, 9.17) is 9.47 Å². The van der Waals surface area contributed by atoms with E-state index in [9.17, 15) is 18.8 Å². The maximum Gasteiger partial charge on any atom is 0.408 e. The molecule has 2 atom stereocenters. The van der Waals surface area contributed by atoms with Gasteiger partial charge < -0.3 is 14.8 Å². The van der Waals surface area contributed by atoms with Crippen LogP contribution in [0.1, 0.15) is 55.2 Å². The van der Waals surface area contributed by atoms with E-state index in [2.05, 4.69) is 5.32 Å². The van der Waals surface area contributed by atoms with Crippen molar-refractivity contribution >= 4 is 17.8 Å². The number of aryl methyl sites for hydroxylation is 1. The van der Waals surface area contributed by atoms with E-state index in [0.29, 0.717) is 0 Å². The molecule has 0 aliphatic carbocycles. The maximum atomic E-state index is 16.6. The molecule has 0 aromatic heterocycles. The minimum absolute atomic E-state index is 0.146. The van der Waals surface area contributed by atoms with Crippen molar-refractivity contribution < 1.29 is 32.6 Å². The monoisotopic (exact) mass is 447 g/mol. The Labute approximate surface area is 185 Å². The summed E-state index contributed by atoms with van der Waals surface area (Å²) in [7, 11) is 0. The molecule has 2 rings (SSSR count). The second kappa shape index (κ2) is 9.89. The van der Waals surface area contributed by atoms with Gasteiger partial charge in [0.15, 0.2) is 0 Å². The highest BCUT2D eigenvalue weighted by atomic mass is 19.1. The van der Waals surface area contributed by atoms with Crippen LogP contribution in [0.15, 0.2) is 48.5 Å². The fourth-order valence-corrected chi connectivity index (χ4v) is 2.99. The summed E-state index contributed by atoms with van der Waals surface area (Å²) >= 11 is 0. The summed E-state index contributed by atoms with van der Waals surface area (Å²) in [5, 5.41) is 2.32. The van der Waals surface area contributed by atoms with Crippen LogP contribution in [0.4, 0.5) is 13.6 Å². The molecule has 0 saturated heterocycles. The third-order valence-corrected chi connectivity index (χ3v) is 4.48. The summed E-state index contributed by atoms with van der Waals surface area (Å²) in [6, 6.07) is 8.57. The lowest BCUT2D eigenvalue weighted by Crippen LogP contribution is -2.55. The Kier molecular flexibility index (Phi) is 7.72. The number of carbonyl (C=O) groups excluding carboxylic acids is 3. The molecule has 0 saturated carbocycles. The summed E-state index contributed by atoms with van der Waals surface area (Å²) in [5.74, 6) is -3.39. The Morgan fingerprint density at radius 3 is 2.06 bits per heavy atom. The highest BCUT2D eigenvalue weighted by Crippen LogP contribution is 2.35. The molecule has 32 heavy (non-hydrogen) atoms. The van der Waals surface area contributed by atoms with Gasteiger partial charge in [0, 0.05) is 5.56 Å². The number of alkyl carbamates (subject to hydrolysis) is 1. The van der Waals surface area contributed by atoms with E-state index in [0.717, 1.165) is 29.8 Å². The zero-order valence-electron chi connectivity index (χ0n) is 18.7. The number of hydrogen-bond donors (Lipinski definition) is 1. The number of halogens is 2. The van der Waals surface area contributed by atoms with Crippen LogP contribution in [0.2, 0.25) is 0 Å². The number of rotatable bonds is 7. The highest BCUT2D eigenvalue weighted by molar-refractivity contribution is 6.16. The minimum atomic E-state index is -3.35. The second-order valence-corrected chi connectivity index (χ2v) is 8.26. The number of nitrogens with one attached hydrogen (secondary N) is 1. The van der Waals surface area contributed by atoms with Crippen LogP contribution in [0.25, 0.3) is 0 Å². The van der Waals surface area contributed by atoms with Crippen LogP contribution in [0.3, 0.4) is 0 Å². The molecule has 8 heteroatoms. The molecule has 1 amide bonds. The van der Waals surface area contributed by atoms with Crippen molar-refractivity contribution in [3.63, 3.8) is 0 Å². The molecule has 2 aromatic carbocycles. The van der Waals surface area contributed by atoms with Gasteiger partial charge in [-0.2, -0.15) is 0 Å². The lowest BCUT2D eigenvalue weighted by Gasteiger charge is -2.32.